The summed E-state index contributed by atoms with van der Waals surface area (Å²) in [6.45, 7) is 15.0. The van der Waals surface area contributed by atoms with Gasteiger partial charge in [-0.15, -0.1) is 0 Å². The Bertz CT molecular complexity index is 1380. The normalized spacial score (nSPS) is 35.4. The van der Waals surface area contributed by atoms with Crippen molar-refractivity contribution in [1.29, 1.82) is 0 Å². The Morgan fingerprint density at radius 3 is 2.00 bits per heavy atom. The van der Waals surface area contributed by atoms with E-state index in [-0.39, 0.29) is 28.9 Å². The monoisotopic (exact) mass is 722 g/mol. The predicted octanol–water partition coefficient (Wildman–Crippen LogP) is 11.9. The average molecular weight is 723 g/mol. The molecular formula is C39H58F8N2O. The Hall–Kier alpha value is -1.78. The van der Waals surface area contributed by atoms with Crippen LogP contribution in [0.2, 0.25) is 0 Å². The fourth-order valence-corrected chi connectivity index (χ4v) is 12.0. The zero-order valence-electron chi connectivity index (χ0n) is 30.7. The van der Waals surface area contributed by atoms with Gasteiger partial charge in [-0.25, -0.2) is 0 Å². The molecule has 0 aliphatic heterocycles. The van der Waals surface area contributed by atoms with Gasteiger partial charge in [-0.2, -0.15) is 35.1 Å². The average Bonchev–Trinajstić information content (AvgIpc) is 3.35. The van der Waals surface area contributed by atoms with E-state index in [0.29, 0.717) is 60.5 Å². The lowest BCUT2D eigenvalue weighted by Crippen LogP contribution is -2.65. The van der Waals surface area contributed by atoms with Crippen LogP contribution in [0.5, 0.6) is 0 Å². The van der Waals surface area contributed by atoms with E-state index < -0.39 is 46.6 Å². The highest BCUT2D eigenvalue weighted by Gasteiger charge is 2.83. The number of ether oxygens (including phenoxy) is 1. The smallest absolute Gasteiger partial charge is 0.399 e. The Kier molecular flexibility index (Phi) is 10.2. The van der Waals surface area contributed by atoms with Crippen LogP contribution < -0.4 is 11.5 Å². The van der Waals surface area contributed by atoms with E-state index in [1.807, 2.05) is 0 Å². The summed E-state index contributed by atoms with van der Waals surface area (Å²) in [6.07, 6.45) is 2.63. The molecule has 4 N–H and O–H groups in total. The van der Waals surface area contributed by atoms with E-state index in [4.69, 9.17) is 11.5 Å². The van der Waals surface area contributed by atoms with Crippen LogP contribution in [0.15, 0.2) is 18.2 Å². The minimum absolute atomic E-state index is 0.0702. The zero-order chi connectivity index (χ0) is 37.5. The van der Waals surface area contributed by atoms with Crippen molar-refractivity contribution < 1.29 is 39.9 Å². The maximum Gasteiger partial charge on any atom is 0.426 e. The second-order valence-electron chi connectivity index (χ2n) is 18.1. The Balaban J connectivity index is 1.33. The molecule has 0 heterocycles. The van der Waals surface area contributed by atoms with Crippen molar-refractivity contribution >= 4 is 11.4 Å². The highest BCUT2D eigenvalue weighted by molar-refractivity contribution is 5.58. The summed E-state index contributed by atoms with van der Waals surface area (Å²) in [6, 6.07) is 1.77. The predicted molar refractivity (Wildman–Crippen MR) is 181 cm³/mol. The maximum atomic E-state index is 15.4. The van der Waals surface area contributed by atoms with Gasteiger partial charge < -0.3 is 16.2 Å². The number of nitrogens with two attached hydrogens (primary N) is 2. The molecule has 4 aliphatic carbocycles. The summed E-state index contributed by atoms with van der Waals surface area (Å²) < 4.78 is 126. The van der Waals surface area contributed by atoms with Gasteiger partial charge in [0.15, 0.2) is 0 Å². The van der Waals surface area contributed by atoms with Crippen LogP contribution in [0.25, 0.3) is 0 Å². The van der Waals surface area contributed by atoms with Crippen molar-refractivity contribution in [3.05, 3.63) is 23.8 Å². The van der Waals surface area contributed by atoms with Crippen LogP contribution in [0, 0.1) is 57.7 Å². The van der Waals surface area contributed by atoms with Gasteiger partial charge in [-0.05, 0) is 127 Å². The molecule has 1 aromatic carbocycles. The maximum absolute atomic E-state index is 15.4. The van der Waals surface area contributed by atoms with Gasteiger partial charge in [0.1, 0.15) is 0 Å². The van der Waals surface area contributed by atoms with Crippen LogP contribution in [-0.2, 0) is 10.7 Å². The van der Waals surface area contributed by atoms with E-state index in [9.17, 15) is 0 Å². The molecule has 4 saturated carbocycles. The van der Waals surface area contributed by atoms with Gasteiger partial charge in [0.2, 0.25) is 0 Å². The number of anilines is 2. The van der Waals surface area contributed by atoms with Crippen LogP contribution in [0.1, 0.15) is 125 Å². The SMILES string of the molecule is CC(C)CCCC(C)[C@H]1CC[C@H]2[C@@H]3CCC4C(C)(C)C(OC(F)(F)C(F)(F)C(F)(F)C(F)(F)c5ccc(N)cc5N)CC[C@]4(C)[C@H]3CC[C@]12C. The molecule has 4 fully saturated rings. The Morgan fingerprint density at radius 2 is 1.38 bits per heavy atom. The van der Waals surface area contributed by atoms with E-state index in [0.717, 1.165) is 25.3 Å². The number of halogens is 8. The molecule has 4 aliphatic rings. The molecule has 3 nitrogen and oxygen atoms in total. The number of hydrogen-bond donors (Lipinski definition) is 2. The summed E-state index contributed by atoms with van der Waals surface area (Å²) in [4.78, 5) is 0. The third-order valence-electron chi connectivity index (χ3n) is 14.6. The molecule has 286 valence electrons. The highest BCUT2D eigenvalue weighted by Crippen LogP contribution is 2.71. The summed E-state index contributed by atoms with van der Waals surface area (Å²) in [7, 11) is 0. The van der Waals surface area contributed by atoms with Crippen molar-refractivity contribution in [2.45, 2.75) is 149 Å². The number of alkyl halides is 8. The van der Waals surface area contributed by atoms with Crippen LogP contribution in [0.3, 0.4) is 0 Å². The first-order valence-electron chi connectivity index (χ1n) is 18.7. The minimum atomic E-state index is -6.58. The molecule has 0 aromatic heterocycles. The zero-order valence-corrected chi connectivity index (χ0v) is 30.7. The van der Waals surface area contributed by atoms with Crippen LogP contribution in [-0.4, -0.2) is 24.1 Å². The van der Waals surface area contributed by atoms with Gasteiger partial charge in [-0.3, -0.25) is 0 Å². The fraction of sp³-hybridized carbons (Fsp3) is 0.846. The lowest BCUT2D eigenvalue weighted by atomic mass is 9.41. The van der Waals surface area contributed by atoms with E-state index in [2.05, 4.69) is 39.4 Å². The molecule has 11 heteroatoms. The second-order valence-corrected chi connectivity index (χ2v) is 18.1. The molecule has 0 radical (unpaired) electrons. The molecule has 0 bridgehead atoms. The number of nitrogen functional groups attached to an aromatic ring is 2. The van der Waals surface area contributed by atoms with Crippen molar-refractivity contribution in [2.24, 2.45) is 57.7 Å². The standard InChI is InChI=1S/C39H58F8N2O/c1-22(2)9-8-10-23(3)26-14-15-27-25-12-16-31-33(4,5)32(18-20-35(31,7)28(25)17-19-34(26,27)6)50-39(46,47)38(44,45)37(42,43)36(40,41)29-13-11-24(48)21-30(29)49/h11,13,21-23,25-28,31-32H,8-10,12,14-20,48-49H2,1-7H3/t23?,25-,26+,27-,28-,31?,32?,34+,35+/m0/s1. The fourth-order valence-electron chi connectivity index (χ4n) is 12.0. The van der Waals surface area contributed by atoms with E-state index in [1.54, 1.807) is 13.8 Å². The molecule has 0 saturated heterocycles. The third-order valence-corrected chi connectivity index (χ3v) is 14.6. The Labute approximate surface area is 293 Å². The van der Waals surface area contributed by atoms with Crippen molar-refractivity contribution in [2.75, 3.05) is 11.5 Å². The summed E-state index contributed by atoms with van der Waals surface area (Å²) in [5.74, 6) is -15.7. The summed E-state index contributed by atoms with van der Waals surface area (Å²) in [5.41, 5.74) is 6.72. The first-order chi connectivity index (χ1) is 22.9. The Morgan fingerprint density at radius 1 is 0.760 bits per heavy atom. The molecule has 9 atom stereocenters. The molecule has 1 aromatic rings. The van der Waals surface area contributed by atoms with Crippen molar-refractivity contribution in [1.82, 2.24) is 0 Å². The van der Waals surface area contributed by atoms with Crippen LogP contribution in [0.4, 0.5) is 46.5 Å². The lowest BCUT2D eigenvalue weighted by molar-refractivity contribution is -0.444. The second kappa shape index (κ2) is 13.0. The molecule has 0 amide bonds. The van der Waals surface area contributed by atoms with Crippen molar-refractivity contribution in [3.63, 3.8) is 0 Å². The first kappa shape index (κ1) is 39.4. The minimum Gasteiger partial charge on any atom is -0.399 e. The van der Waals surface area contributed by atoms with E-state index >= 15 is 35.1 Å². The topological polar surface area (TPSA) is 61.3 Å². The van der Waals surface area contributed by atoms with Gasteiger partial charge in [0.25, 0.3) is 0 Å². The van der Waals surface area contributed by atoms with E-state index in [1.165, 1.54) is 32.1 Å². The van der Waals surface area contributed by atoms with Gasteiger partial charge >= 0.3 is 23.9 Å². The first-order valence-corrected chi connectivity index (χ1v) is 18.7. The molecule has 0 spiro atoms. The highest BCUT2D eigenvalue weighted by atomic mass is 19.4. The van der Waals surface area contributed by atoms with Crippen molar-refractivity contribution in [3.8, 4) is 0 Å². The molecular weight excluding hydrogens is 664 g/mol. The van der Waals surface area contributed by atoms with Crippen LogP contribution >= 0.6 is 0 Å². The molecule has 5 rings (SSSR count). The number of benzene rings is 1. The number of hydrogen-bond acceptors (Lipinski definition) is 3. The number of fused-ring (bicyclic) bond motifs is 5. The number of rotatable bonds is 11. The summed E-state index contributed by atoms with van der Waals surface area (Å²) >= 11 is 0. The molecule has 50 heavy (non-hydrogen) atoms. The quantitative estimate of drug-likeness (QED) is 0.177. The summed E-state index contributed by atoms with van der Waals surface area (Å²) in [5, 5.41) is 0. The lowest BCUT2D eigenvalue weighted by Gasteiger charge is -2.65. The molecule has 3 unspecified atom stereocenters. The third kappa shape index (κ3) is 6.03. The van der Waals surface area contributed by atoms with Gasteiger partial charge in [0.05, 0.1) is 11.7 Å². The largest absolute Gasteiger partial charge is 0.426 e. The van der Waals surface area contributed by atoms with Gasteiger partial charge in [0, 0.05) is 11.4 Å². The van der Waals surface area contributed by atoms with Gasteiger partial charge in [-0.1, -0.05) is 67.7 Å².